The molecule has 14 heteroatoms. The number of halogens is 2. The highest BCUT2D eigenvalue weighted by atomic mass is 35.5. The maximum atomic E-state index is 12.3. The molecule has 1 aliphatic rings. The van der Waals surface area contributed by atoms with E-state index in [-0.39, 0.29) is 31.0 Å². The number of rotatable bonds is 11. The quantitative estimate of drug-likeness (QED) is 0.155. The first-order valence-corrected chi connectivity index (χ1v) is 16.6. The van der Waals surface area contributed by atoms with E-state index in [1.54, 1.807) is 13.3 Å². The first-order chi connectivity index (χ1) is 24.2. The molecule has 2 N–H and O–H groups in total. The summed E-state index contributed by atoms with van der Waals surface area (Å²) in [5, 5.41) is 6.29. The van der Waals surface area contributed by atoms with Gasteiger partial charge in [-0.15, -0.1) is 0 Å². The number of aromatic nitrogens is 5. The van der Waals surface area contributed by atoms with E-state index in [4.69, 9.17) is 47.4 Å². The summed E-state index contributed by atoms with van der Waals surface area (Å²) < 4.78 is 18.6. The number of ether oxygens (including phenoxy) is 3. The molecule has 0 aliphatic carbocycles. The molecule has 258 valence electrons. The van der Waals surface area contributed by atoms with Gasteiger partial charge in [0.1, 0.15) is 18.0 Å². The Morgan fingerprint density at radius 3 is 1.94 bits per heavy atom. The molecular formula is C36H35Cl2N7O5. The summed E-state index contributed by atoms with van der Waals surface area (Å²) in [6.07, 6.45) is 3.70. The lowest BCUT2D eigenvalue weighted by Gasteiger charge is -2.15. The highest BCUT2D eigenvalue weighted by Crippen LogP contribution is 2.42. The van der Waals surface area contributed by atoms with Crippen LogP contribution in [0.1, 0.15) is 35.6 Å². The molecule has 0 unspecified atom stereocenters. The van der Waals surface area contributed by atoms with E-state index in [2.05, 4.69) is 37.3 Å². The average Bonchev–Trinajstić information content (AvgIpc) is 3.69. The van der Waals surface area contributed by atoms with Gasteiger partial charge in [-0.2, -0.15) is 0 Å². The minimum Gasteiger partial charge on any atom is -0.480 e. The Labute approximate surface area is 299 Å². The first kappa shape index (κ1) is 34.7. The number of aryl methyl sites for hydroxylation is 2. The van der Waals surface area contributed by atoms with Crippen molar-refractivity contribution in [2.24, 2.45) is 0 Å². The van der Waals surface area contributed by atoms with Gasteiger partial charge < -0.3 is 29.4 Å². The minimum atomic E-state index is -0.642. The van der Waals surface area contributed by atoms with Gasteiger partial charge >= 0.3 is 6.09 Å². The molecule has 12 nitrogen and oxygen atoms in total. The van der Waals surface area contributed by atoms with Crippen LogP contribution >= 0.6 is 23.2 Å². The standard InChI is InChI=1S/C36H35Cl2N7O5/c1-20-11-12-21(2)45(20)18-29-34(48-3)43-27(16-39-29)25-9-5-7-23(32(25)37)24-8-6-10-26(33(24)38)28-17-40-30(35(44-28)49-4)19-50-36(47)41-15-22-13-14-31(46)42-22/h5-12,16-17,22H,13-15,18-19H2,1-4H3,(H,41,47)(H,42,46)/t22-/m0/s1. The van der Waals surface area contributed by atoms with Crippen LogP contribution < -0.4 is 20.1 Å². The van der Waals surface area contributed by atoms with Crippen molar-refractivity contribution in [1.82, 2.24) is 35.1 Å². The molecule has 0 radical (unpaired) electrons. The second kappa shape index (κ2) is 15.1. The number of nitrogens with zero attached hydrogens (tertiary/aromatic N) is 5. The summed E-state index contributed by atoms with van der Waals surface area (Å²) in [4.78, 5) is 42.2. The summed E-state index contributed by atoms with van der Waals surface area (Å²) in [6.45, 7) is 4.72. The van der Waals surface area contributed by atoms with Gasteiger partial charge in [-0.1, -0.05) is 59.6 Å². The van der Waals surface area contributed by atoms with Gasteiger partial charge in [-0.3, -0.25) is 9.78 Å². The fourth-order valence-corrected chi connectivity index (χ4v) is 6.43. The van der Waals surface area contributed by atoms with Crippen LogP contribution in [0.25, 0.3) is 33.6 Å². The monoisotopic (exact) mass is 715 g/mol. The van der Waals surface area contributed by atoms with Gasteiger partial charge in [0.2, 0.25) is 17.7 Å². The third-order valence-corrected chi connectivity index (χ3v) is 9.31. The van der Waals surface area contributed by atoms with E-state index < -0.39 is 6.09 Å². The zero-order valence-electron chi connectivity index (χ0n) is 27.9. The Morgan fingerprint density at radius 2 is 1.40 bits per heavy atom. The Morgan fingerprint density at radius 1 is 0.860 bits per heavy atom. The van der Waals surface area contributed by atoms with Gasteiger partial charge in [-0.25, -0.2) is 19.7 Å². The van der Waals surface area contributed by atoms with Crippen LogP contribution in [0.2, 0.25) is 10.0 Å². The van der Waals surface area contributed by atoms with Gasteiger partial charge in [-0.05, 0) is 32.4 Å². The number of amides is 2. The summed E-state index contributed by atoms with van der Waals surface area (Å²) >= 11 is 14.1. The number of hydrogen-bond donors (Lipinski definition) is 2. The SMILES string of the molecule is COc1nc(-c2cccc(-c3cccc(-c4cnc(Cn5c(C)ccc5C)c(OC)n4)c3Cl)c2Cl)cnc1COC(=O)NC[C@@H]1CCC(=O)N1. The number of nitrogens with one attached hydrogen (secondary N) is 2. The van der Waals surface area contributed by atoms with E-state index in [0.717, 1.165) is 11.4 Å². The van der Waals surface area contributed by atoms with Crippen molar-refractivity contribution in [3.8, 4) is 45.4 Å². The molecule has 6 rings (SSSR count). The van der Waals surface area contributed by atoms with Crippen LogP contribution in [-0.2, 0) is 22.7 Å². The molecular weight excluding hydrogens is 681 g/mol. The molecule has 3 aromatic heterocycles. The van der Waals surface area contributed by atoms with E-state index in [1.165, 1.54) is 13.3 Å². The Balaban J connectivity index is 1.22. The third-order valence-electron chi connectivity index (χ3n) is 8.49. The molecule has 4 heterocycles. The smallest absolute Gasteiger partial charge is 0.407 e. The Kier molecular flexibility index (Phi) is 10.5. The van der Waals surface area contributed by atoms with Gasteiger partial charge in [0.05, 0.1) is 54.6 Å². The number of benzene rings is 2. The summed E-state index contributed by atoms with van der Waals surface area (Å²) in [5.74, 6) is 0.564. The lowest BCUT2D eigenvalue weighted by atomic mass is 9.98. The fraction of sp³-hybridized carbons (Fsp3) is 0.278. The molecule has 5 aromatic rings. The van der Waals surface area contributed by atoms with Crippen molar-refractivity contribution in [2.75, 3.05) is 20.8 Å². The van der Waals surface area contributed by atoms with Crippen LogP contribution in [0, 0.1) is 13.8 Å². The lowest BCUT2D eigenvalue weighted by molar-refractivity contribution is -0.119. The van der Waals surface area contributed by atoms with E-state index in [1.807, 2.05) is 50.2 Å². The van der Waals surface area contributed by atoms with E-state index in [9.17, 15) is 9.59 Å². The first-order valence-electron chi connectivity index (χ1n) is 15.9. The highest BCUT2D eigenvalue weighted by molar-refractivity contribution is 6.39. The molecule has 1 aliphatic heterocycles. The van der Waals surface area contributed by atoms with Crippen molar-refractivity contribution in [3.63, 3.8) is 0 Å². The zero-order chi connectivity index (χ0) is 35.4. The van der Waals surface area contributed by atoms with Gasteiger partial charge in [0.15, 0.2) is 0 Å². The predicted molar refractivity (Wildman–Crippen MR) is 189 cm³/mol. The zero-order valence-corrected chi connectivity index (χ0v) is 29.4. The number of methoxy groups -OCH3 is 2. The van der Waals surface area contributed by atoms with Crippen molar-refractivity contribution >= 4 is 35.2 Å². The number of carbonyl (C=O) groups is 2. The molecule has 2 amide bonds. The topological polar surface area (TPSA) is 142 Å². The van der Waals surface area contributed by atoms with Crippen LogP contribution in [-0.4, -0.2) is 63.3 Å². The third kappa shape index (κ3) is 7.36. The summed E-state index contributed by atoms with van der Waals surface area (Å²) in [6, 6.07) is 15.2. The Hall–Kier alpha value is -5.20. The number of hydrogen-bond acceptors (Lipinski definition) is 9. The second-order valence-electron chi connectivity index (χ2n) is 11.7. The second-order valence-corrected chi connectivity index (χ2v) is 12.5. The maximum absolute atomic E-state index is 12.3. The average molecular weight is 717 g/mol. The van der Waals surface area contributed by atoms with Gasteiger partial charge in [0, 0.05) is 52.6 Å². The lowest BCUT2D eigenvalue weighted by Crippen LogP contribution is -2.38. The van der Waals surface area contributed by atoms with Crippen molar-refractivity contribution in [1.29, 1.82) is 0 Å². The highest BCUT2D eigenvalue weighted by Gasteiger charge is 2.22. The van der Waals surface area contributed by atoms with Crippen molar-refractivity contribution in [3.05, 3.63) is 93.7 Å². The van der Waals surface area contributed by atoms with Crippen molar-refractivity contribution < 1.29 is 23.8 Å². The predicted octanol–water partition coefficient (Wildman–Crippen LogP) is 6.56. The number of carbonyl (C=O) groups excluding carboxylic acids is 2. The van der Waals surface area contributed by atoms with Crippen LogP contribution in [0.15, 0.2) is 60.9 Å². The molecule has 0 bridgehead atoms. The van der Waals surface area contributed by atoms with Crippen LogP contribution in [0.4, 0.5) is 4.79 Å². The fourth-order valence-electron chi connectivity index (χ4n) is 5.78. The molecule has 1 atom stereocenters. The minimum absolute atomic E-state index is 0.0288. The summed E-state index contributed by atoms with van der Waals surface area (Å²) in [7, 11) is 3.03. The molecule has 1 fully saturated rings. The summed E-state index contributed by atoms with van der Waals surface area (Å²) in [5.41, 5.74) is 6.90. The number of alkyl carbamates (subject to hydrolysis) is 1. The Bertz CT molecular complexity index is 2050. The van der Waals surface area contributed by atoms with Crippen molar-refractivity contribution in [2.45, 2.75) is 45.9 Å². The van der Waals surface area contributed by atoms with E-state index >= 15 is 0 Å². The molecule has 50 heavy (non-hydrogen) atoms. The molecule has 0 saturated carbocycles. The largest absolute Gasteiger partial charge is 0.480 e. The van der Waals surface area contributed by atoms with Crippen LogP contribution in [0.3, 0.4) is 0 Å². The maximum Gasteiger partial charge on any atom is 0.407 e. The normalized spacial score (nSPS) is 14.0. The molecule has 2 aromatic carbocycles. The van der Waals surface area contributed by atoms with E-state index in [0.29, 0.717) is 80.3 Å². The molecule has 1 saturated heterocycles. The van der Waals surface area contributed by atoms with Gasteiger partial charge in [0.25, 0.3) is 0 Å². The van der Waals surface area contributed by atoms with Crippen LogP contribution in [0.5, 0.6) is 11.8 Å². The molecule has 0 spiro atoms.